The molecule has 0 spiro atoms. The average molecular weight is 243 g/mol. The highest BCUT2D eigenvalue weighted by Crippen LogP contribution is 1.92. The molecule has 1 amide bonds. The summed E-state index contributed by atoms with van der Waals surface area (Å²) in [4.78, 5) is 15.4. The summed E-state index contributed by atoms with van der Waals surface area (Å²) in [6.07, 6.45) is 2.05. The zero-order chi connectivity index (χ0) is 11.6. The number of nitrogens with one attached hydrogen (secondary N) is 1. The maximum absolute atomic E-state index is 11.3. The molecule has 0 aliphatic heterocycles. The molecule has 5 heteroatoms. The third-order valence-electron chi connectivity index (χ3n) is 1.89. The van der Waals surface area contributed by atoms with Crippen molar-refractivity contribution in [2.75, 3.05) is 19.1 Å². The van der Waals surface area contributed by atoms with Crippen LogP contribution in [0.2, 0.25) is 0 Å². The lowest BCUT2D eigenvalue weighted by atomic mass is 10.3. The van der Waals surface area contributed by atoms with Crippen LogP contribution in [0.15, 0.2) is 24.4 Å². The second kappa shape index (κ2) is 8.07. The van der Waals surface area contributed by atoms with Crippen LogP contribution in [0, 0.1) is 0 Å². The smallest absolute Gasteiger partial charge is 0.222 e. The number of hydrogen-bond acceptors (Lipinski definition) is 3. The molecule has 0 bridgehead atoms. The predicted molar refractivity (Wildman–Crippen MR) is 62.2 cm³/mol. The zero-order valence-electron chi connectivity index (χ0n) is 8.99. The van der Waals surface area contributed by atoms with Crippen molar-refractivity contribution in [3.05, 3.63) is 30.1 Å². The number of nitrogens with zero attached hydrogens (tertiary/aromatic N) is 1. The molecule has 0 saturated carbocycles. The first-order valence-electron chi connectivity index (χ1n) is 5.13. The minimum Gasteiger partial charge on any atom is -0.380 e. The summed E-state index contributed by atoms with van der Waals surface area (Å²) in [5.41, 5.74) is 0.845. The fourth-order valence-electron chi connectivity index (χ4n) is 1.10. The van der Waals surface area contributed by atoms with Gasteiger partial charge >= 0.3 is 0 Å². The molecule has 0 atom stereocenters. The third kappa shape index (κ3) is 5.68. The van der Waals surface area contributed by atoms with Crippen LogP contribution in [-0.2, 0) is 16.1 Å². The molecule has 16 heavy (non-hydrogen) atoms. The fraction of sp³-hybridized carbons (Fsp3) is 0.455. The molecule has 1 rings (SSSR count). The van der Waals surface area contributed by atoms with Crippen LogP contribution < -0.4 is 5.32 Å². The van der Waals surface area contributed by atoms with E-state index in [1.54, 1.807) is 6.20 Å². The van der Waals surface area contributed by atoms with E-state index in [1.807, 2.05) is 18.2 Å². The molecule has 0 unspecified atom stereocenters. The topological polar surface area (TPSA) is 51.2 Å². The molecule has 88 valence electrons. The summed E-state index contributed by atoms with van der Waals surface area (Å²) < 4.78 is 5.10. The van der Waals surface area contributed by atoms with Gasteiger partial charge in [0, 0.05) is 18.5 Å². The quantitative estimate of drug-likeness (QED) is 0.580. The summed E-state index contributed by atoms with van der Waals surface area (Å²) in [7, 11) is 0. The van der Waals surface area contributed by atoms with E-state index in [9.17, 15) is 4.79 Å². The molecule has 0 saturated heterocycles. The molecule has 1 heterocycles. The molecular weight excluding hydrogens is 228 g/mol. The summed E-state index contributed by atoms with van der Waals surface area (Å²) in [6, 6.07) is 5.59. The molecule has 0 aliphatic rings. The normalized spacial score (nSPS) is 10.1. The molecule has 0 radical (unpaired) electrons. The molecule has 1 aromatic rings. The van der Waals surface area contributed by atoms with Crippen LogP contribution in [0.3, 0.4) is 0 Å². The van der Waals surface area contributed by atoms with Gasteiger partial charge in [0.1, 0.15) is 0 Å². The zero-order valence-corrected chi connectivity index (χ0v) is 9.74. The van der Waals surface area contributed by atoms with Crippen LogP contribution in [0.1, 0.15) is 12.1 Å². The summed E-state index contributed by atoms with van der Waals surface area (Å²) >= 11 is 5.42. The van der Waals surface area contributed by atoms with Crippen molar-refractivity contribution >= 4 is 17.5 Å². The first-order chi connectivity index (χ1) is 7.83. The molecule has 4 nitrogen and oxygen atoms in total. The summed E-state index contributed by atoms with van der Waals surface area (Å²) in [5.74, 6) is 0.412. The number of pyridine rings is 1. The first-order valence-corrected chi connectivity index (χ1v) is 5.66. The van der Waals surface area contributed by atoms with E-state index in [1.165, 1.54) is 0 Å². The lowest BCUT2D eigenvalue weighted by Gasteiger charge is -2.04. The molecular formula is C11H15ClN2O2. The minimum atomic E-state index is -0.0415. The largest absolute Gasteiger partial charge is 0.380 e. The van der Waals surface area contributed by atoms with E-state index < -0.39 is 0 Å². The Morgan fingerprint density at radius 2 is 2.31 bits per heavy atom. The van der Waals surface area contributed by atoms with Crippen molar-refractivity contribution in [1.82, 2.24) is 10.3 Å². The number of carbonyl (C=O) groups excluding carboxylic acids is 1. The van der Waals surface area contributed by atoms with Gasteiger partial charge in [-0.3, -0.25) is 9.78 Å². The predicted octanol–water partition coefficient (Wildman–Crippen LogP) is 1.34. The Hall–Kier alpha value is -1.13. The Morgan fingerprint density at radius 1 is 1.44 bits per heavy atom. The lowest BCUT2D eigenvalue weighted by molar-refractivity contribution is -0.122. The number of aromatic nitrogens is 1. The van der Waals surface area contributed by atoms with Crippen molar-refractivity contribution in [3.63, 3.8) is 0 Å². The van der Waals surface area contributed by atoms with Crippen LogP contribution in [0.25, 0.3) is 0 Å². The van der Waals surface area contributed by atoms with Crippen molar-refractivity contribution in [1.29, 1.82) is 0 Å². The van der Waals surface area contributed by atoms with Crippen LogP contribution in [0.5, 0.6) is 0 Å². The number of rotatable bonds is 7. The van der Waals surface area contributed by atoms with Crippen molar-refractivity contribution in [2.45, 2.75) is 13.0 Å². The number of ether oxygens (including phenoxy) is 1. The molecule has 1 aromatic heterocycles. The van der Waals surface area contributed by atoms with Gasteiger partial charge in [-0.05, 0) is 12.1 Å². The maximum Gasteiger partial charge on any atom is 0.222 e. The van der Waals surface area contributed by atoms with Gasteiger partial charge in [0.15, 0.2) is 0 Å². The Bertz CT molecular complexity index is 306. The Labute approximate surface area is 100.0 Å². The van der Waals surface area contributed by atoms with Gasteiger partial charge in [-0.1, -0.05) is 6.07 Å². The van der Waals surface area contributed by atoms with E-state index >= 15 is 0 Å². The Morgan fingerprint density at radius 3 is 3.00 bits per heavy atom. The highest BCUT2D eigenvalue weighted by molar-refractivity contribution is 6.17. The number of halogens is 1. The summed E-state index contributed by atoms with van der Waals surface area (Å²) in [6.45, 7) is 1.34. The Balaban J connectivity index is 2.11. The van der Waals surface area contributed by atoms with Gasteiger partial charge in [0.2, 0.25) is 5.91 Å². The maximum atomic E-state index is 11.3. The standard InChI is InChI=1S/C11H15ClN2O2/c12-5-8-16-7-4-11(15)14-9-10-3-1-2-6-13-10/h1-3,6H,4-5,7-9H2,(H,14,15). The van der Waals surface area contributed by atoms with Gasteiger partial charge in [-0.15, -0.1) is 11.6 Å². The van der Waals surface area contributed by atoms with E-state index in [0.717, 1.165) is 5.69 Å². The monoisotopic (exact) mass is 242 g/mol. The van der Waals surface area contributed by atoms with Gasteiger partial charge < -0.3 is 10.1 Å². The minimum absolute atomic E-state index is 0.0415. The second-order valence-electron chi connectivity index (χ2n) is 3.15. The second-order valence-corrected chi connectivity index (χ2v) is 3.53. The van der Waals surface area contributed by atoms with E-state index in [2.05, 4.69) is 10.3 Å². The SMILES string of the molecule is O=C(CCOCCCl)NCc1ccccn1. The van der Waals surface area contributed by atoms with Gasteiger partial charge in [0.25, 0.3) is 0 Å². The van der Waals surface area contributed by atoms with Crippen molar-refractivity contribution in [3.8, 4) is 0 Å². The fourth-order valence-corrected chi connectivity index (χ4v) is 1.21. The summed E-state index contributed by atoms with van der Waals surface area (Å²) in [5, 5.41) is 2.76. The van der Waals surface area contributed by atoms with E-state index in [-0.39, 0.29) is 5.91 Å². The Kier molecular flexibility index (Phi) is 6.53. The van der Waals surface area contributed by atoms with E-state index in [4.69, 9.17) is 16.3 Å². The van der Waals surface area contributed by atoms with Gasteiger partial charge in [0.05, 0.1) is 25.5 Å². The molecule has 0 fully saturated rings. The number of amides is 1. The van der Waals surface area contributed by atoms with Crippen molar-refractivity contribution in [2.24, 2.45) is 0 Å². The first kappa shape index (κ1) is 12.9. The van der Waals surface area contributed by atoms with Gasteiger partial charge in [-0.25, -0.2) is 0 Å². The highest BCUT2D eigenvalue weighted by Gasteiger charge is 2.01. The average Bonchev–Trinajstić information content (AvgIpc) is 2.33. The van der Waals surface area contributed by atoms with Crippen molar-refractivity contribution < 1.29 is 9.53 Å². The van der Waals surface area contributed by atoms with E-state index in [0.29, 0.717) is 32.1 Å². The lowest BCUT2D eigenvalue weighted by Crippen LogP contribution is -2.24. The number of alkyl halides is 1. The van der Waals surface area contributed by atoms with Crippen LogP contribution in [0.4, 0.5) is 0 Å². The van der Waals surface area contributed by atoms with Crippen LogP contribution >= 0.6 is 11.6 Å². The highest BCUT2D eigenvalue weighted by atomic mass is 35.5. The molecule has 0 aromatic carbocycles. The number of hydrogen-bond donors (Lipinski definition) is 1. The third-order valence-corrected chi connectivity index (χ3v) is 2.04. The molecule has 0 aliphatic carbocycles. The number of carbonyl (C=O) groups is 1. The van der Waals surface area contributed by atoms with Gasteiger partial charge in [-0.2, -0.15) is 0 Å². The van der Waals surface area contributed by atoms with Crippen LogP contribution in [-0.4, -0.2) is 30.0 Å². The molecule has 1 N–H and O–H groups in total.